The number of ketones is 2. The molecule has 2 aromatic rings. The Hall–Kier alpha value is -4.36. The Balaban J connectivity index is 1.04. The Bertz CT molecular complexity index is 2990. The number of aliphatic hydroxyl groups excluding tert-OH is 4. The number of hydrogen-bond donors (Lipinski definition) is 12. The van der Waals surface area contributed by atoms with Gasteiger partial charge in [-0.2, -0.15) is 0 Å². The second-order valence-electron chi connectivity index (χ2n) is 28.0. The summed E-state index contributed by atoms with van der Waals surface area (Å²) < 4.78 is 5.94. The van der Waals surface area contributed by atoms with Crippen molar-refractivity contribution >= 4 is 45.1 Å². The van der Waals surface area contributed by atoms with E-state index in [4.69, 9.17) is 16.2 Å². The van der Waals surface area contributed by atoms with Gasteiger partial charge in [0, 0.05) is 90.1 Å². The molecule has 2 saturated heterocycles. The van der Waals surface area contributed by atoms with E-state index < -0.39 is 99.9 Å². The maximum atomic E-state index is 16.2. The van der Waals surface area contributed by atoms with Crippen molar-refractivity contribution in [2.45, 2.75) is 152 Å². The lowest BCUT2D eigenvalue weighted by Gasteiger charge is -2.68. The lowest BCUT2D eigenvalue weighted by Crippen LogP contribution is -2.71. The van der Waals surface area contributed by atoms with Crippen LogP contribution < -0.4 is 16.8 Å². The number of aromatic nitrogens is 1. The van der Waals surface area contributed by atoms with E-state index in [1.54, 1.807) is 48.2 Å². The number of rotatable bonds is 6. The summed E-state index contributed by atoms with van der Waals surface area (Å²) in [6, 6.07) is 8.69. The molecule has 2 aliphatic heterocycles. The maximum absolute atomic E-state index is 16.2. The molecule has 1 aromatic heterocycles. The molecular weight excluding hydrogens is 1110 g/mol. The summed E-state index contributed by atoms with van der Waals surface area (Å²) in [7, 11) is 3.05. The normalized spacial score (nSPS) is 45.0. The Morgan fingerprint density at radius 2 is 1.67 bits per heavy atom. The van der Waals surface area contributed by atoms with Crippen LogP contribution in [0.4, 0.5) is 0 Å². The molecule has 12 rings (SSSR count). The van der Waals surface area contributed by atoms with Crippen LogP contribution in [0.25, 0.3) is 0 Å². The van der Waals surface area contributed by atoms with Gasteiger partial charge in [-0.15, -0.1) is 5.92 Å². The topological polar surface area (TPSA) is 315 Å². The van der Waals surface area contributed by atoms with Crippen LogP contribution in [0.2, 0.25) is 0 Å². The highest BCUT2D eigenvalue weighted by atomic mass is 33.1. The van der Waals surface area contributed by atoms with Gasteiger partial charge < -0.3 is 67.4 Å². The molecule has 0 amide bonds. The van der Waals surface area contributed by atoms with Crippen LogP contribution >= 0.6 is 21.6 Å². The SMILES string of the molecule is C[C@@H]1CCC2=CC[C@@H]3[C@@H](C[C@H]([C@H]4COC(=O)[C@@H]4c4cc[nH]c4)C#CC[C@H]4C[C@@]5(O)C6=C7NCC(=O)C[C@H](c8ccc(O)cc8)CSSC[C@@H]8[C@@H](O)[C@@H](O)C[C@](C)([C@H]6[C@@H]6CC[C@@H](CN=C(N)N)[C@@]5(C6)[C@H]4[C@@](C)(O)[C@H](O)C[C@H]3C(O)O)[C@@H]8C7=O)[C@H]2C1. The number of carbonyl (C=O) groups excluding carboxylic acids is 3. The third-order valence-corrected chi connectivity index (χ3v) is 26.2. The zero-order valence-corrected chi connectivity index (χ0v) is 50.2. The molecule has 84 heavy (non-hydrogen) atoms. The van der Waals surface area contributed by atoms with Crippen molar-refractivity contribution in [2.24, 2.45) is 110 Å². The quantitative estimate of drug-likeness (QED) is 0.0327. The van der Waals surface area contributed by atoms with Gasteiger partial charge in [-0.25, -0.2) is 0 Å². The molecule has 4 bridgehead atoms. The second kappa shape index (κ2) is 23.0. The molecule has 14 N–H and O–H groups in total. The van der Waals surface area contributed by atoms with Gasteiger partial charge in [0.2, 0.25) is 0 Å². The maximum Gasteiger partial charge on any atom is 0.313 e. The van der Waals surface area contributed by atoms with E-state index in [0.717, 1.165) is 30.4 Å². The number of fused-ring (bicyclic) bond motifs is 10. The van der Waals surface area contributed by atoms with Gasteiger partial charge in [0.25, 0.3) is 0 Å². The van der Waals surface area contributed by atoms with E-state index >= 15 is 4.79 Å². The molecular formula is C65H87N5O12S2. The number of Topliss-reactive ketones (excluding diaryl/α,β-unsaturated/α-hetero) is 2. The summed E-state index contributed by atoms with van der Waals surface area (Å²) in [6.45, 7) is 5.82. The number of aromatic amines is 1. The molecule has 3 heterocycles. The summed E-state index contributed by atoms with van der Waals surface area (Å²) >= 11 is 0. The fraction of sp³-hybridized carbons (Fsp3) is 0.692. The molecule has 1 aromatic carbocycles. The number of esters is 1. The monoisotopic (exact) mass is 1190 g/mol. The summed E-state index contributed by atoms with van der Waals surface area (Å²) in [5.74, 6) is 0.183. The average molecular weight is 1190 g/mol. The molecule has 19 heteroatoms. The number of nitrogens with two attached hydrogens (primary N) is 2. The van der Waals surface area contributed by atoms with Gasteiger partial charge in [0.05, 0.1) is 54.3 Å². The first-order chi connectivity index (χ1) is 40.1. The van der Waals surface area contributed by atoms with Crippen molar-refractivity contribution in [1.82, 2.24) is 10.3 Å². The van der Waals surface area contributed by atoms with Crippen LogP contribution in [0.3, 0.4) is 0 Å². The van der Waals surface area contributed by atoms with Crippen LogP contribution in [-0.4, -0.2) is 136 Å². The highest BCUT2D eigenvalue weighted by Gasteiger charge is 2.79. The summed E-state index contributed by atoms with van der Waals surface area (Å²) in [5, 5.41) is 104. The highest BCUT2D eigenvalue weighted by Crippen LogP contribution is 2.77. The van der Waals surface area contributed by atoms with Gasteiger partial charge in [0.1, 0.15) is 5.75 Å². The number of guanidine groups is 1. The van der Waals surface area contributed by atoms with Gasteiger partial charge in [-0.3, -0.25) is 19.4 Å². The van der Waals surface area contributed by atoms with Crippen LogP contribution in [0.15, 0.2) is 70.6 Å². The van der Waals surface area contributed by atoms with Crippen molar-refractivity contribution in [2.75, 3.05) is 31.2 Å². The van der Waals surface area contributed by atoms with Crippen molar-refractivity contribution in [3.05, 3.63) is 76.8 Å². The number of hydrogen-bond acceptors (Lipinski definition) is 16. The third kappa shape index (κ3) is 9.99. The van der Waals surface area contributed by atoms with E-state index in [-0.39, 0.29) is 122 Å². The van der Waals surface area contributed by atoms with Crippen molar-refractivity contribution in [1.29, 1.82) is 0 Å². The number of nitrogens with zero attached hydrogens (tertiary/aromatic N) is 1. The number of allylic oxidation sites excluding steroid dienone is 3. The molecule has 17 nitrogen and oxygen atoms in total. The predicted octanol–water partition coefficient (Wildman–Crippen LogP) is 5.42. The zero-order chi connectivity index (χ0) is 59.4. The van der Waals surface area contributed by atoms with E-state index in [1.807, 2.05) is 19.2 Å². The molecule has 23 atom stereocenters. The van der Waals surface area contributed by atoms with Gasteiger partial charge in [-0.1, -0.05) is 65.1 Å². The van der Waals surface area contributed by atoms with Gasteiger partial charge >= 0.3 is 5.97 Å². The first-order valence-electron chi connectivity index (χ1n) is 31.0. The molecule has 456 valence electrons. The molecule has 0 radical (unpaired) electrons. The van der Waals surface area contributed by atoms with E-state index in [2.05, 4.69) is 40.1 Å². The lowest BCUT2D eigenvalue weighted by molar-refractivity contribution is -0.232. The predicted molar refractivity (Wildman–Crippen MR) is 319 cm³/mol. The number of aromatic hydroxyl groups is 1. The number of aliphatic hydroxyl groups is 7. The Labute approximate surface area is 500 Å². The fourth-order valence-corrected chi connectivity index (χ4v) is 22.9. The largest absolute Gasteiger partial charge is 0.508 e. The lowest BCUT2D eigenvalue weighted by atomic mass is 9.37. The fourth-order valence-electron chi connectivity index (χ4n) is 20.2. The van der Waals surface area contributed by atoms with Crippen molar-refractivity contribution in [3.63, 3.8) is 0 Å². The number of aliphatic imine (C=N–C) groups is 1. The van der Waals surface area contributed by atoms with Gasteiger partial charge in [-0.05, 0) is 165 Å². The average Bonchev–Trinajstić information content (AvgIpc) is 1.31. The number of nitrogens with one attached hydrogen (secondary N) is 2. The molecule has 0 unspecified atom stereocenters. The minimum Gasteiger partial charge on any atom is -0.508 e. The van der Waals surface area contributed by atoms with Crippen LogP contribution in [0.1, 0.15) is 127 Å². The van der Waals surface area contributed by atoms with Crippen LogP contribution in [0, 0.1) is 106 Å². The molecule has 7 fully saturated rings. The number of cyclic esters (lactones) is 1. The minimum atomic E-state index is -2.06. The standard InChI is InChI=1S/C65H87N5O12S2/c1-32-7-8-34-12-16-43-45(44(34)19-32)21-35(47-29-82-60(79)51(47)38-17-18-68-26-38)5-4-6-37-24-65(81)54-52(36-9-13-40(27-70-61(66)67)64(65,23-36)58(37)63(3,80)50(74)22-46(43)59(77)78)62(2)25-49(73)56(75)48-31-84-83-30-39(33-10-14-41(71)15-11-33)20-42(72)28-69-55(54)57(76)53(48)62/h10-12,14-15,17-18,26,32,35-37,39-40,43-53,56,58-59,68-69,71,73-75,77-78,80-81H,6-9,13,16,19-25,27-31H2,1-3H3,(H4,66,67,70)/t32-,35-,36-,37+,39+,40+,43-,44+,45-,46-,47-,48+,49+,50-,51-,52+,53+,56-,58-,62-,63+,64+,65-/m1/s1. The Morgan fingerprint density at radius 3 is 2.40 bits per heavy atom. The molecule has 10 aliphatic rings. The summed E-state index contributed by atoms with van der Waals surface area (Å²) in [5.41, 5.74) is 9.45. The Morgan fingerprint density at radius 1 is 0.893 bits per heavy atom. The van der Waals surface area contributed by atoms with Crippen molar-refractivity contribution in [3.8, 4) is 17.6 Å². The number of carbonyl (C=O) groups is 3. The minimum absolute atomic E-state index is 0.0323. The smallest absolute Gasteiger partial charge is 0.313 e. The number of benzene rings is 1. The van der Waals surface area contributed by atoms with Crippen LogP contribution in [0.5, 0.6) is 5.75 Å². The number of ether oxygens (including phenoxy) is 1. The summed E-state index contributed by atoms with van der Waals surface area (Å²) in [4.78, 5) is 52.5. The summed E-state index contributed by atoms with van der Waals surface area (Å²) in [6.07, 6.45) is 5.35. The van der Waals surface area contributed by atoms with Crippen LogP contribution in [-0.2, 0) is 19.1 Å². The third-order valence-electron chi connectivity index (χ3n) is 23.6. The molecule has 8 aliphatic carbocycles. The highest BCUT2D eigenvalue weighted by molar-refractivity contribution is 8.76. The molecule has 1 spiro atoms. The van der Waals surface area contributed by atoms with Gasteiger partial charge in [0.15, 0.2) is 23.8 Å². The second-order valence-corrected chi connectivity index (χ2v) is 30.6. The van der Waals surface area contributed by atoms with E-state index in [1.165, 1.54) is 16.4 Å². The first kappa shape index (κ1) is 59.9. The Kier molecular flexibility index (Phi) is 16.4. The zero-order valence-electron chi connectivity index (χ0n) is 48.5. The number of phenolic OH excluding ortho intramolecular Hbond substituents is 1. The molecule has 5 saturated carbocycles. The van der Waals surface area contributed by atoms with E-state index in [9.17, 15) is 50.4 Å². The van der Waals surface area contributed by atoms with Crippen molar-refractivity contribution < 1.29 is 60.0 Å². The van der Waals surface area contributed by atoms with E-state index in [0.29, 0.717) is 55.1 Å². The number of phenols is 1. The number of H-pyrrole nitrogens is 1. The first-order valence-corrected chi connectivity index (χ1v) is 33.5.